The summed E-state index contributed by atoms with van der Waals surface area (Å²) in [6, 6.07) is 10.1. The number of methoxy groups -OCH3 is 1. The molecular formula is C17H15ClN2O4S3. The molecule has 6 nitrogen and oxygen atoms in total. The summed E-state index contributed by atoms with van der Waals surface area (Å²) in [5, 5.41) is 0.126. The number of ether oxygens (including phenoxy) is 1. The molecule has 10 heteroatoms. The minimum atomic E-state index is -3.94. The van der Waals surface area contributed by atoms with Crippen molar-refractivity contribution in [3.8, 4) is 5.75 Å². The number of sulfonamides is 1. The first kappa shape index (κ1) is 19.9. The lowest BCUT2D eigenvalue weighted by Crippen LogP contribution is -2.29. The van der Waals surface area contributed by atoms with Crippen molar-refractivity contribution in [1.29, 1.82) is 0 Å². The van der Waals surface area contributed by atoms with Crippen LogP contribution in [-0.4, -0.2) is 38.0 Å². The summed E-state index contributed by atoms with van der Waals surface area (Å²) in [6.45, 7) is 2.07. The summed E-state index contributed by atoms with van der Waals surface area (Å²) < 4.78 is 34.4. The molecule has 0 spiro atoms. The number of rotatable bonds is 5. The van der Waals surface area contributed by atoms with E-state index in [4.69, 9.17) is 16.3 Å². The maximum Gasteiger partial charge on any atom is 0.294 e. The molecule has 0 atom stereocenters. The molecule has 2 heterocycles. The van der Waals surface area contributed by atoms with Crippen LogP contribution in [0.15, 0.2) is 49.9 Å². The second-order valence-electron chi connectivity index (χ2n) is 5.34. The number of nitrogens with zero attached hydrogens (tertiary/aromatic N) is 2. The maximum absolute atomic E-state index is 12.6. The Hall–Kier alpha value is -1.81. The summed E-state index contributed by atoms with van der Waals surface area (Å²) >= 11 is 7.77. The number of carbonyl (C=O) groups is 1. The fourth-order valence-corrected chi connectivity index (χ4v) is 6.03. The van der Waals surface area contributed by atoms with Gasteiger partial charge in [-0.3, -0.25) is 9.69 Å². The Morgan fingerprint density at radius 2 is 2.07 bits per heavy atom. The fourth-order valence-electron chi connectivity index (χ4n) is 2.32. The third-order valence-electron chi connectivity index (χ3n) is 3.60. The lowest BCUT2D eigenvalue weighted by Gasteiger charge is -2.11. The van der Waals surface area contributed by atoms with Crippen LogP contribution in [0.1, 0.15) is 12.5 Å². The Balaban J connectivity index is 1.96. The number of carbonyl (C=O) groups excluding carboxylic acids is 1. The zero-order chi connectivity index (χ0) is 19.6. The van der Waals surface area contributed by atoms with E-state index in [1.54, 1.807) is 32.2 Å². The van der Waals surface area contributed by atoms with Gasteiger partial charge in [0.2, 0.25) is 0 Å². The van der Waals surface area contributed by atoms with Crippen molar-refractivity contribution in [2.75, 3.05) is 13.7 Å². The number of amidine groups is 1. The fraction of sp³-hybridized carbons (Fsp3) is 0.176. The highest BCUT2D eigenvalue weighted by molar-refractivity contribution is 8.19. The average molecular weight is 443 g/mol. The molecule has 27 heavy (non-hydrogen) atoms. The molecule has 1 saturated heterocycles. The lowest BCUT2D eigenvalue weighted by molar-refractivity contribution is -0.122. The van der Waals surface area contributed by atoms with Crippen LogP contribution in [0.4, 0.5) is 0 Å². The first-order chi connectivity index (χ1) is 12.8. The SMILES string of the molecule is CCN1C(=O)C(=Cc2cccc(OC)c2)SC1=NS(=O)(=O)c1ccc(Cl)s1. The van der Waals surface area contributed by atoms with Crippen molar-refractivity contribution in [3.05, 3.63) is 51.2 Å². The van der Waals surface area contributed by atoms with E-state index in [9.17, 15) is 13.2 Å². The second-order valence-corrected chi connectivity index (χ2v) is 9.90. The van der Waals surface area contributed by atoms with E-state index in [2.05, 4.69) is 4.40 Å². The summed E-state index contributed by atoms with van der Waals surface area (Å²) in [6.07, 6.45) is 1.69. The van der Waals surface area contributed by atoms with Crippen molar-refractivity contribution >= 4 is 61.9 Å². The van der Waals surface area contributed by atoms with E-state index in [1.165, 1.54) is 17.0 Å². The number of likely N-dealkylation sites (N-methyl/N-ethyl adjacent to an activating group) is 1. The van der Waals surface area contributed by atoms with Gasteiger partial charge in [0.25, 0.3) is 15.9 Å². The molecule has 0 bridgehead atoms. The average Bonchev–Trinajstić information content (AvgIpc) is 3.19. The highest BCUT2D eigenvalue weighted by Gasteiger charge is 2.34. The Morgan fingerprint density at radius 1 is 1.30 bits per heavy atom. The number of hydrogen-bond acceptors (Lipinski definition) is 6. The van der Waals surface area contributed by atoms with E-state index < -0.39 is 10.0 Å². The van der Waals surface area contributed by atoms with Gasteiger partial charge in [-0.1, -0.05) is 23.7 Å². The summed E-state index contributed by atoms with van der Waals surface area (Å²) in [5.74, 6) is 0.377. The molecule has 0 aliphatic carbocycles. The summed E-state index contributed by atoms with van der Waals surface area (Å²) in [5.41, 5.74) is 0.774. The minimum absolute atomic E-state index is 0.0364. The monoisotopic (exact) mass is 442 g/mol. The van der Waals surface area contributed by atoms with E-state index in [0.717, 1.165) is 28.7 Å². The van der Waals surface area contributed by atoms with Crippen LogP contribution in [0, 0.1) is 0 Å². The van der Waals surface area contributed by atoms with Gasteiger partial charge in [0.15, 0.2) is 5.17 Å². The molecular weight excluding hydrogens is 428 g/mol. The van der Waals surface area contributed by atoms with Gasteiger partial charge in [0.1, 0.15) is 9.96 Å². The molecule has 3 rings (SSSR count). The molecule has 1 aromatic heterocycles. The van der Waals surface area contributed by atoms with Crippen LogP contribution in [0.2, 0.25) is 4.34 Å². The van der Waals surface area contributed by atoms with Crippen LogP contribution < -0.4 is 4.74 Å². The quantitative estimate of drug-likeness (QED) is 0.652. The molecule has 142 valence electrons. The Bertz CT molecular complexity index is 1040. The van der Waals surface area contributed by atoms with Gasteiger partial charge in [-0.2, -0.15) is 8.42 Å². The Kier molecular flexibility index (Phi) is 5.95. The van der Waals surface area contributed by atoms with Gasteiger partial charge >= 0.3 is 0 Å². The van der Waals surface area contributed by atoms with Gasteiger partial charge in [0.05, 0.1) is 16.4 Å². The molecule has 2 aromatic rings. The van der Waals surface area contributed by atoms with E-state index in [0.29, 0.717) is 21.5 Å². The maximum atomic E-state index is 12.6. The third-order valence-corrected chi connectivity index (χ3v) is 7.68. The normalized spacial score (nSPS) is 17.9. The molecule has 0 radical (unpaired) electrons. The van der Waals surface area contributed by atoms with Gasteiger partial charge in [-0.15, -0.1) is 15.7 Å². The van der Waals surface area contributed by atoms with Crippen molar-refractivity contribution in [2.24, 2.45) is 4.40 Å². The molecule has 1 aliphatic rings. The molecule has 1 amide bonds. The Labute approximate surface area is 170 Å². The summed E-state index contributed by atoms with van der Waals surface area (Å²) in [7, 11) is -2.37. The van der Waals surface area contributed by atoms with Crippen molar-refractivity contribution in [1.82, 2.24) is 4.90 Å². The standard InChI is InChI=1S/C17H15ClN2O4S3/c1-3-20-16(21)13(10-11-5-4-6-12(9-11)24-2)25-17(20)19-27(22,23)15-8-7-14(18)26-15/h4-10H,3H2,1-2H3. The van der Waals surface area contributed by atoms with Gasteiger partial charge in [-0.25, -0.2) is 0 Å². The zero-order valence-electron chi connectivity index (χ0n) is 14.4. The van der Waals surface area contributed by atoms with Gasteiger partial charge in [0, 0.05) is 6.54 Å². The van der Waals surface area contributed by atoms with Crippen molar-refractivity contribution in [2.45, 2.75) is 11.1 Å². The number of halogens is 1. The van der Waals surface area contributed by atoms with Crippen molar-refractivity contribution < 1.29 is 17.9 Å². The first-order valence-corrected chi connectivity index (χ1v) is 11.2. The van der Waals surface area contributed by atoms with Crippen LogP contribution in [-0.2, 0) is 14.8 Å². The number of amides is 1. The van der Waals surface area contributed by atoms with Crippen LogP contribution in [0.5, 0.6) is 5.75 Å². The molecule has 1 aliphatic heterocycles. The predicted octanol–water partition coefficient (Wildman–Crippen LogP) is 4.09. The minimum Gasteiger partial charge on any atom is -0.497 e. The number of thioether (sulfide) groups is 1. The van der Waals surface area contributed by atoms with Gasteiger partial charge in [-0.05, 0) is 54.6 Å². The van der Waals surface area contributed by atoms with E-state index in [1.807, 2.05) is 12.1 Å². The largest absolute Gasteiger partial charge is 0.497 e. The van der Waals surface area contributed by atoms with Gasteiger partial charge < -0.3 is 4.74 Å². The van der Waals surface area contributed by atoms with E-state index >= 15 is 0 Å². The second kappa shape index (κ2) is 8.05. The number of hydrogen-bond donors (Lipinski definition) is 0. The zero-order valence-corrected chi connectivity index (χ0v) is 17.6. The topological polar surface area (TPSA) is 76.0 Å². The summed E-state index contributed by atoms with van der Waals surface area (Å²) in [4.78, 5) is 14.4. The molecule has 0 saturated carbocycles. The number of thiophene rings is 1. The molecule has 1 aromatic carbocycles. The highest BCUT2D eigenvalue weighted by atomic mass is 35.5. The predicted molar refractivity (Wildman–Crippen MR) is 110 cm³/mol. The first-order valence-electron chi connectivity index (χ1n) is 7.80. The lowest BCUT2D eigenvalue weighted by atomic mass is 10.2. The molecule has 0 N–H and O–H groups in total. The highest BCUT2D eigenvalue weighted by Crippen LogP contribution is 2.35. The number of benzene rings is 1. The van der Waals surface area contributed by atoms with Crippen LogP contribution in [0.25, 0.3) is 6.08 Å². The van der Waals surface area contributed by atoms with Crippen molar-refractivity contribution in [3.63, 3.8) is 0 Å². The molecule has 0 unspecified atom stereocenters. The van der Waals surface area contributed by atoms with Crippen LogP contribution in [0.3, 0.4) is 0 Å². The molecule has 1 fully saturated rings. The smallest absolute Gasteiger partial charge is 0.294 e. The third kappa shape index (κ3) is 4.37. The van der Waals surface area contributed by atoms with E-state index in [-0.39, 0.29) is 15.3 Å². The Morgan fingerprint density at radius 3 is 2.70 bits per heavy atom. The van der Waals surface area contributed by atoms with Crippen LogP contribution >= 0.6 is 34.7 Å².